The first-order valence-electron chi connectivity index (χ1n) is 9.36. The van der Waals surface area contributed by atoms with Crippen molar-refractivity contribution in [3.63, 3.8) is 0 Å². The second-order valence-electron chi connectivity index (χ2n) is 6.87. The fourth-order valence-electron chi connectivity index (χ4n) is 3.40. The zero-order valence-electron chi connectivity index (χ0n) is 15.9. The number of hydrogen-bond acceptors (Lipinski definition) is 6. The van der Waals surface area contributed by atoms with Gasteiger partial charge in [0.05, 0.1) is 5.56 Å². The molecule has 0 saturated carbocycles. The molecule has 1 aromatic heterocycles. The number of aromatic nitrogens is 3. The normalized spacial score (nSPS) is 15.0. The van der Waals surface area contributed by atoms with Crippen LogP contribution in [0.5, 0.6) is 0 Å². The molecule has 0 N–H and O–H groups in total. The minimum atomic E-state index is -0.384. The zero-order valence-corrected chi connectivity index (χ0v) is 18.0. The summed E-state index contributed by atoms with van der Waals surface area (Å²) in [5.74, 6) is 0. The van der Waals surface area contributed by atoms with Gasteiger partial charge in [-0.3, -0.25) is 19.1 Å². The molecule has 1 aliphatic rings. The number of carbonyl (C=O) groups is 1. The maximum absolute atomic E-state index is 12.0. The molecule has 0 aliphatic carbocycles. The summed E-state index contributed by atoms with van der Waals surface area (Å²) in [5, 5.41) is 3.91. The van der Waals surface area contributed by atoms with Crippen molar-refractivity contribution in [2.24, 2.45) is 7.05 Å². The first kappa shape index (κ1) is 20.7. The third-order valence-corrected chi connectivity index (χ3v) is 5.65. The molecule has 150 valence electrons. The number of para-hydroxylation sites is 1. The molecule has 0 bridgehead atoms. The van der Waals surface area contributed by atoms with Crippen LogP contribution >= 0.6 is 22.6 Å². The van der Waals surface area contributed by atoms with E-state index in [1.807, 2.05) is 46.9 Å². The van der Waals surface area contributed by atoms with E-state index in [0.717, 1.165) is 61.4 Å². The van der Waals surface area contributed by atoms with Crippen molar-refractivity contribution in [1.29, 1.82) is 0 Å². The number of aryl methyl sites for hydroxylation is 1. The van der Waals surface area contributed by atoms with Crippen LogP contribution in [0.15, 0.2) is 40.1 Å². The highest BCUT2D eigenvalue weighted by molar-refractivity contribution is 14.1. The highest BCUT2D eigenvalue weighted by Gasteiger charge is 2.20. The summed E-state index contributed by atoms with van der Waals surface area (Å²) in [6, 6.07) is 7.77. The number of rotatable bonds is 7. The van der Waals surface area contributed by atoms with E-state index in [0.29, 0.717) is 6.54 Å². The summed E-state index contributed by atoms with van der Waals surface area (Å²) < 4.78 is 2.49. The Bertz CT molecular complexity index is 947. The van der Waals surface area contributed by atoms with Crippen LogP contribution < -0.4 is 16.1 Å². The summed E-state index contributed by atoms with van der Waals surface area (Å²) in [5.41, 5.74) is 1.03. The minimum Gasteiger partial charge on any atom is -0.368 e. The van der Waals surface area contributed by atoms with Crippen molar-refractivity contribution in [2.45, 2.75) is 19.4 Å². The molecule has 9 heteroatoms. The Morgan fingerprint density at radius 2 is 1.75 bits per heavy atom. The number of anilines is 1. The molecule has 1 aromatic carbocycles. The number of nitrogens with zero attached hydrogens (tertiary/aromatic N) is 5. The van der Waals surface area contributed by atoms with Crippen LogP contribution in [-0.4, -0.2) is 55.8 Å². The van der Waals surface area contributed by atoms with Crippen LogP contribution in [0.25, 0.3) is 0 Å². The van der Waals surface area contributed by atoms with Crippen molar-refractivity contribution >= 4 is 32.1 Å². The van der Waals surface area contributed by atoms with Crippen LogP contribution in [0.3, 0.4) is 0 Å². The van der Waals surface area contributed by atoms with Crippen LogP contribution in [0.1, 0.15) is 23.2 Å². The van der Waals surface area contributed by atoms with E-state index < -0.39 is 0 Å². The predicted molar refractivity (Wildman–Crippen MR) is 116 cm³/mol. The van der Waals surface area contributed by atoms with Gasteiger partial charge in [0.15, 0.2) is 0 Å². The van der Waals surface area contributed by atoms with Gasteiger partial charge in [-0.25, -0.2) is 9.48 Å². The fourth-order valence-corrected chi connectivity index (χ4v) is 3.86. The van der Waals surface area contributed by atoms with Crippen molar-refractivity contribution in [1.82, 2.24) is 19.2 Å². The lowest BCUT2D eigenvalue weighted by Crippen LogP contribution is -2.47. The summed E-state index contributed by atoms with van der Waals surface area (Å²) in [4.78, 5) is 39.8. The molecule has 0 amide bonds. The van der Waals surface area contributed by atoms with Gasteiger partial charge in [-0.1, -0.05) is 12.1 Å². The second kappa shape index (κ2) is 9.46. The molecule has 3 rings (SSSR count). The third-order valence-electron chi connectivity index (χ3n) is 5.07. The zero-order chi connectivity index (χ0) is 20.1. The molecule has 1 fully saturated rings. The first-order chi connectivity index (χ1) is 13.5. The Kier molecular flexibility index (Phi) is 7.00. The second-order valence-corrected chi connectivity index (χ2v) is 7.85. The molecule has 28 heavy (non-hydrogen) atoms. The van der Waals surface area contributed by atoms with E-state index in [1.54, 1.807) is 0 Å². The monoisotopic (exact) mass is 497 g/mol. The maximum Gasteiger partial charge on any atom is 0.347 e. The van der Waals surface area contributed by atoms with Crippen molar-refractivity contribution in [3.05, 3.63) is 56.9 Å². The van der Waals surface area contributed by atoms with Gasteiger partial charge in [0.25, 0.3) is 5.56 Å². The Hall–Kier alpha value is -2.01. The van der Waals surface area contributed by atoms with Crippen LogP contribution in [0.4, 0.5) is 5.69 Å². The molecule has 0 spiro atoms. The molecule has 0 atom stereocenters. The van der Waals surface area contributed by atoms with Gasteiger partial charge in [0.2, 0.25) is 3.79 Å². The molecular weight excluding hydrogens is 473 g/mol. The Labute approximate surface area is 176 Å². The summed E-state index contributed by atoms with van der Waals surface area (Å²) >= 11 is 1.84. The first-order valence-corrected chi connectivity index (χ1v) is 10.4. The van der Waals surface area contributed by atoms with E-state index in [-0.39, 0.29) is 15.0 Å². The number of halogens is 1. The topological polar surface area (TPSA) is 80.4 Å². The molecule has 0 unspecified atom stereocenters. The molecule has 8 nitrogen and oxygen atoms in total. The highest BCUT2D eigenvalue weighted by atomic mass is 127. The van der Waals surface area contributed by atoms with E-state index in [1.165, 1.54) is 17.9 Å². The lowest BCUT2D eigenvalue weighted by atomic mass is 10.1. The van der Waals surface area contributed by atoms with Gasteiger partial charge >= 0.3 is 5.69 Å². The standard InChI is InChI=1S/C19H24IN5O3/c1-22-17(26)14-21-25(19(22)28)9-5-4-8-23-10-12-24(13-11-23)16-7-3-2-6-15(16)18(20)27/h2-3,6-7,14H,4-5,8-13H2,1H3. The fraction of sp³-hybridized carbons (Fsp3) is 0.474. The quantitative estimate of drug-likeness (QED) is 0.324. The number of piperazine rings is 1. The van der Waals surface area contributed by atoms with E-state index in [4.69, 9.17) is 0 Å². The highest BCUT2D eigenvalue weighted by Crippen LogP contribution is 2.24. The predicted octanol–water partition coefficient (Wildman–Crippen LogP) is 1.12. The van der Waals surface area contributed by atoms with Crippen LogP contribution in [0, 0.1) is 0 Å². The van der Waals surface area contributed by atoms with Gasteiger partial charge in [0.1, 0.15) is 6.20 Å². The average Bonchev–Trinajstić information content (AvgIpc) is 2.71. The molecule has 1 aliphatic heterocycles. The SMILES string of the molecule is Cn1c(=O)cnn(CCCCN2CCN(c3ccccc3C(=O)I)CC2)c1=O. The van der Waals surface area contributed by atoms with Crippen molar-refractivity contribution in [2.75, 3.05) is 37.6 Å². The average molecular weight is 497 g/mol. The summed E-state index contributed by atoms with van der Waals surface area (Å²) in [6.07, 6.45) is 2.97. The molecule has 1 saturated heterocycles. The third kappa shape index (κ3) is 4.88. The Morgan fingerprint density at radius 1 is 1.07 bits per heavy atom. The summed E-state index contributed by atoms with van der Waals surface area (Å²) in [6.45, 7) is 5.15. The van der Waals surface area contributed by atoms with Crippen LogP contribution in [0.2, 0.25) is 0 Å². The van der Waals surface area contributed by atoms with E-state index in [9.17, 15) is 14.4 Å². The van der Waals surface area contributed by atoms with Gasteiger partial charge < -0.3 is 4.90 Å². The summed E-state index contributed by atoms with van der Waals surface area (Å²) in [7, 11) is 1.46. The number of unbranched alkanes of at least 4 members (excludes halogenated alkanes) is 1. The van der Waals surface area contributed by atoms with E-state index >= 15 is 0 Å². The molecular formula is C19H24IN5O3. The van der Waals surface area contributed by atoms with Crippen molar-refractivity contribution < 1.29 is 4.79 Å². The van der Waals surface area contributed by atoms with Gasteiger partial charge in [-0.15, -0.1) is 0 Å². The Balaban J connectivity index is 1.46. The lowest BCUT2D eigenvalue weighted by Gasteiger charge is -2.36. The minimum absolute atomic E-state index is 0.0675. The molecule has 0 radical (unpaired) electrons. The number of hydrogen-bond donors (Lipinski definition) is 0. The lowest BCUT2D eigenvalue weighted by molar-refractivity contribution is 0.110. The number of benzene rings is 1. The maximum atomic E-state index is 12.0. The largest absolute Gasteiger partial charge is 0.368 e. The molecule has 2 aromatic rings. The van der Waals surface area contributed by atoms with Crippen molar-refractivity contribution in [3.8, 4) is 0 Å². The van der Waals surface area contributed by atoms with Crippen LogP contribution in [-0.2, 0) is 13.6 Å². The van der Waals surface area contributed by atoms with Gasteiger partial charge in [0, 0.05) is 68.0 Å². The molecule has 2 heterocycles. The number of carbonyl (C=O) groups excluding carboxylic acids is 1. The smallest absolute Gasteiger partial charge is 0.347 e. The Morgan fingerprint density at radius 3 is 2.46 bits per heavy atom. The van der Waals surface area contributed by atoms with E-state index in [2.05, 4.69) is 14.9 Å². The van der Waals surface area contributed by atoms with Gasteiger partial charge in [-0.05, 0) is 31.5 Å². The van der Waals surface area contributed by atoms with Gasteiger partial charge in [-0.2, -0.15) is 5.10 Å².